The summed E-state index contributed by atoms with van der Waals surface area (Å²) in [5.41, 5.74) is 0.674. The Bertz CT molecular complexity index is 368. The Hall–Kier alpha value is -0.730. The van der Waals surface area contributed by atoms with Crippen molar-refractivity contribution in [3.05, 3.63) is 15.3 Å². The molecule has 1 aromatic rings. The molecule has 15 heavy (non-hydrogen) atoms. The van der Waals surface area contributed by atoms with Gasteiger partial charge in [-0.1, -0.05) is 0 Å². The lowest BCUT2D eigenvalue weighted by atomic mass is 10.3. The van der Waals surface area contributed by atoms with Crippen molar-refractivity contribution in [2.45, 2.75) is 13.3 Å². The van der Waals surface area contributed by atoms with E-state index in [-0.39, 0.29) is 0 Å². The van der Waals surface area contributed by atoms with Gasteiger partial charge in [0, 0.05) is 11.6 Å². The quantitative estimate of drug-likeness (QED) is 0.616. The van der Waals surface area contributed by atoms with Crippen LogP contribution in [0.5, 0.6) is 11.6 Å². The highest BCUT2D eigenvalue weighted by atomic mass is 127. The highest BCUT2D eigenvalue weighted by molar-refractivity contribution is 14.1. The third kappa shape index (κ3) is 3.40. The van der Waals surface area contributed by atoms with Gasteiger partial charge in [-0.25, -0.2) is 4.98 Å². The highest BCUT2D eigenvalue weighted by Crippen LogP contribution is 2.29. The monoisotopic (exact) mass is 333 g/mol. The Labute approximate surface area is 97.7 Å². The number of methoxy groups -OCH3 is 1. The zero-order valence-electron chi connectivity index (χ0n) is 7.85. The maximum atomic E-state index is 11.9. The summed E-state index contributed by atoms with van der Waals surface area (Å²) < 4.78 is 44.7. The van der Waals surface area contributed by atoms with Crippen molar-refractivity contribution in [3.8, 4) is 11.6 Å². The molecule has 0 bridgehead atoms. The number of hydrogen-bond donors (Lipinski definition) is 0. The van der Waals surface area contributed by atoms with Crippen LogP contribution in [0.15, 0.2) is 6.07 Å². The van der Waals surface area contributed by atoms with Gasteiger partial charge in [-0.15, -0.1) is 13.2 Å². The van der Waals surface area contributed by atoms with E-state index < -0.39 is 12.2 Å². The van der Waals surface area contributed by atoms with Crippen LogP contribution in [-0.2, 0) is 0 Å². The third-order valence-corrected chi connectivity index (χ3v) is 2.63. The van der Waals surface area contributed by atoms with E-state index in [1.807, 2.05) is 22.6 Å². The maximum absolute atomic E-state index is 11.9. The van der Waals surface area contributed by atoms with E-state index in [1.165, 1.54) is 7.11 Å². The van der Waals surface area contributed by atoms with Gasteiger partial charge < -0.3 is 9.47 Å². The second kappa shape index (κ2) is 4.42. The van der Waals surface area contributed by atoms with Gasteiger partial charge in [0.25, 0.3) is 0 Å². The van der Waals surface area contributed by atoms with E-state index in [0.717, 1.165) is 6.07 Å². The van der Waals surface area contributed by atoms with Gasteiger partial charge >= 0.3 is 6.36 Å². The maximum Gasteiger partial charge on any atom is 0.574 e. The van der Waals surface area contributed by atoms with Gasteiger partial charge in [-0.05, 0) is 29.5 Å². The molecule has 0 aromatic carbocycles. The number of pyridine rings is 1. The molecular formula is C8H7F3INO2. The Balaban J connectivity index is 3.06. The summed E-state index contributed by atoms with van der Waals surface area (Å²) in [6, 6.07) is 1.10. The van der Waals surface area contributed by atoms with Gasteiger partial charge in [-0.2, -0.15) is 0 Å². The van der Waals surface area contributed by atoms with Crippen molar-refractivity contribution < 1.29 is 22.6 Å². The number of halogens is 4. The van der Waals surface area contributed by atoms with E-state index in [1.54, 1.807) is 6.92 Å². The zero-order valence-corrected chi connectivity index (χ0v) is 10.0. The molecule has 0 radical (unpaired) electrons. The number of rotatable bonds is 2. The predicted octanol–water partition coefficient (Wildman–Crippen LogP) is 2.90. The van der Waals surface area contributed by atoms with E-state index in [9.17, 15) is 13.2 Å². The van der Waals surface area contributed by atoms with Crippen LogP contribution in [0.3, 0.4) is 0 Å². The Morgan fingerprint density at radius 2 is 2.00 bits per heavy atom. The summed E-state index contributed by atoms with van der Waals surface area (Å²) in [5, 5.41) is 0. The summed E-state index contributed by atoms with van der Waals surface area (Å²) >= 11 is 1.81. The lowest BCUT2D eigenvalue weighted by Gasteiger charge is -2.11. The summed E-state index contributed by atoms with van der Waals surface area (Å²) in [6.45, 7) is 1.70. The summed E-state index contributed by atoms with van der Waals surface area (Å²) in [5.74, 6) is -0.206. The molecule has 0 aliphatic heterocycles. The van der Waals surface area contributed by atoms with E-state index >= 15 is 0 Å². The zero-order chi connectivity index (χ0) is 11.6. The van der Waals surface area contributed by atoms with Crippen molar-refractivity contribution >= 4 is 22.6 Å². The predicted molar refractivity (Wildman–Crippen MR) is 54.9 cm³/mol. The molecule has 1 heterocycles. The normalized spacial score (nSPS) is 11.3. The molecule has 0 saturated carbocycles. The first-order valence-electron chi connectivity index (χ1n) is 3.80. The molecule has 0 aliphatic rings. The number of nitrogens with zero attached hydrogens (tertiary/aromatic N) is 1. The van der Waals surface area contributed by atoms with Crippen LogP contribution in [0.4, 0.5) is 13.2 Å². The van der Waals surface area contributed by atoms with Gasteiger partial charge in [0.15, 0.2) is 0 Å². The average Bonchev–Trinajstić information content (AvgIpc) is 2.08. The molecule has 7 heteroatoms. The highest BCUT2D eigenvalue weighted by Gasteiger charge is 2.32. The molecule has 1 rings (SSSR count). The minimum atomic E-state index is -4.74. The molecule has 1 aromatic heterocycles. The Morgan fingerprint density at radius 3 is 2.47 bits per heavy atom. The fourth-order valence-corrected chi connectivity index (χ4v) is 1.42. The van der Waals surface area contributed by atoms with E-state index in [2.05, 4.69) is 9.72 Å². The van der Waals surface area contributed by atoms with Crippen LogP contribution < -0.4 is 9.47 Å². The minimum Gasteiger partial charge on any atom is -0.496 e. The summed E-state index contributed by atoms with van der Waals surface area (Å²) in [6.07, 6.45) is -4.74. The van der Waals surface area contributed by atoms with Crippen LogP contribution in [0.25, 0.3) is 0 Å². The second-order valence-corrected chi connectivity index (χ2v) is 3.65. The lowest BCUT2D eigenvalue weighted by Crippen LogP contribution is -2.18. The Kier molecular flexibility index (Phi) is 3.63. The average molecular weight is 333 g/mol. The summed E-state index contributed by atoms with van der Waals surface area (Å²) in [4.78, 5) is 3.63. The number of alkyl halides is 3. The van der Waals surface area contributed by atoms with Gasteiger partial charge in [0.1, 0.15) is 9.45 Å². The standard InChI is InChI=1S/C8H7F3INO2/c1-4-5(14-2)3-6(13-7(4)12)15-8(9,10)11/h3H,1-2H3. The minimum absolute atomic E-state index is 0.314. The van der Waals surface area contributed by atoms with Crippen LogP contribution in [-0.4, -0.2) is 18.5 Å². The van der Waals surface area contributed by atoms with Crippen LogP contribution >= 0.6 is 22.6 Å². The molecular weight excluding hydrogens is 326 g/mol. The third-order valence-electron chi connectivity index (χ3n) is 1.58. The molecule has 0 unspecified atom stereocenters. The van der Waals surface area contributed by atoms with Crippen LogP contribution in [0.1, 0.15) is 5.56 Å². The Morgan fingerprint density at radius 1 is 1.40 bits per heavy atom. The largest absolute Gasteiger partial charge is 0.574 e. The van der Waals surface area contributed by atoms with Gasteiger partial charge in [0.2, 0.25) is 5.88 Å². The molecule has 0 N–H and O–H groups in total. The fraction of sp³-hybridized carbons (Fsp3) is 0.375. The molecule has 0 fully saturated rings. The van der Waals surface area contributed by atoms with Crippen molar-refractivity contribution in [1.82, 2.24) is 4.98 Å². The van der Waals surface area contributed by atoms with Crippen molar-refractivity contribution in [2.75, 3.05) is 7.11 Å². The lowest BCUT2D eigenvalue weighted by molar-refractivity contribution is -0.276. The molecule has 0 spiro atoms. The number of hydrogen-bond acceptors (Lipinski definition) is 3. The van der Waals surface area contributed by atoms with Crippen molar-refractivity contribution in [2.24, 2.45) is 0 Å². The molecule has 84 valence electrons. The van der Waals surface area contributed by atoms with Gasteiger partial charge in [-0.3, -0.25) is 0 Å². The number of aromatic nitrogens is 1. The SMILES string of the molecule is COc1cc(OC(F)(F)F)nc(I)c1C. The summed E-state index contributed by atoms with van der Waals surface area (Å²) in [7, 11) is 1.37. The molecule has 0 atom stereocenters. The van der Waals surface area contributed by atoms with Crippen molar-refractivity contribution in [3.63, 3.8) is 0 Å². The molecule has 3 nitrogen and oxygen atoms in total. The van der Waals surface area contributed by atoms with Crippen molar-refractivity contribution in [1.29, 1.82) is 0 Å². The fourth-order valence-electron chi connectivity index (χ4n) is 0.918. The molecule has 0 amide bonds. The van der Waals surface area contributed by atoms with Crippen LogP contribution in [0, 0.1) is 10.6 Å². The topological polar surface area (TPSA) is 31.4 Å². The first-order chi connectivity index (χ1) is 6.83. The first-order valence-corrected chi connectivity index (χ1v) is 4.88. The number of ether oxygens (including phenoxy) is 2. The molecule has 0 aliphatic carbocycles. The van der Waals surface area contributed by atoms with Crippen LogP contribution in [0.2, 0.25) is 0 Å². The van der Waals surface area contributed by atoms with Gasteiger partial charge in [0.05, 0.1) is 7.11 Å². The molecule has 0 saturated heterocycles. The second-order valence-electron chi connectivity index (χ2n) is 2.63. The smallest absolute Gasteiger partial charge is 0.496 e. The van der Waals surface area contributed by atoms with E-state index in [0.29, 0.717) is 15.0 Å². The van der Waals surface area contributed by atoms with E-state index in [4.69, 9.17) is 4.74 Å². The first kappa shape index (κ1) is 12.3.